The van der Waals surface area contributed by atoms with Crippen LogP contribution in [0.15, 0.2) is 40.9 Å². The van der Waals surface area contributed by atoms with Gasteiger partial charge in [0.25, 0.3) is 5.91 Å². The van der Waals surface area contributed by atoms with Crippen LogP contribution in [0.3, 0.4) is 0 Å². The summed E-state index contributed by atoms with van der Waals surface area (Å²) >= 11 is 20.7. The molecular formula is C17H17BrCl2NO4PS. The van der Waals surface area contributed by atoms with Crippen molar-refractivity contribution in [1.82, 2.24) is 0 Å². The van der Waals surface area contributed by atoms with Gasteiger partial charge in [-0.1, -0.05) is 39.1 Å². The number of anilines is 1. The lowest BCUT2D eigenvalue weighted by atomic mass is 10.2. The summed E-state index contributed by atoms with van der Waals surface area (Å²) < 4.78 is 17.5. The fraction of sp³-hybridized carbons (Fsp3) is 0.235. The summed E-state index contributed by atoms with van der Waals surface area (Å²) in [6.07, 6.45) is 0. The molecule has 0 bridgehead atoms. The van der Waals surface area contributed by atoms with Crippen LogP contribution in [0, 0.1) is 0 Å². The van der Waals surface area contributed by atoms with Gasteiger partial charge >= 0.3 is 6.72 Å². The minimum absolute atomic E-state index is 0.265. The average Bonchev–Trinajstić information content (AvgIpc) is 2.60. The summed E-state index contributed by atoms with van der Waals surface area (Å²) in [6.45, 7) is 1.23. The zero-order valence-corrected chi connectivity index (χ0v) is 19.3. The maximum absolute atomic E-state index is 12.8. The van der Waals surface area contributed by atoms with E-state index in [1.807, 2.05) is 0 Å². The second kappa shape index (κ2) is 10.2. The van der Waals surface area contributed by atoms with E-state index in [4.69, 9.17) is 48.6 Å². The minimum atomic E-state index is -3.02. The van der Waals surface area contributed by atoms with Crippen LogP contribution in [0.5, 0.6) is 5.75 Å². The zero-order chi connectivity index (χ0) is 20.0. The smallest absolute Gasteiger partial charge is 0.380 e. The maximum Gasteiger partial charge on any atom is 0.380 e. The Morgan fingerprint density at radius 3 is 2.37 bits per heavy atom. The average molecular weight is 513 g/mol. The van der Waals surface area contributed by atoms with E-state index in [1.54, 1.807) is 50.2 Å². The lowest BCUT2D eigenvalue weighted by molar-refractivity contribution is 0.102. The van der Waals surface area contributed by atoms with Crippen LogP contribution < -0.4 is 9.84 Å². The summed E-state index contributed by atoms with van der Waals surface area (Å²) in [7, 11) is 0. The number of benzene rings is 2. The van der Waals surface area contributed by atoms with Gasteiger partial charge in [-0.25, -0.2) is 0 Å². The molecular weight excluding hydrogens is 496 g/mol. The maximum atomic E-state index is 12.8. The van der Waals surface area contributed by atoms with Crippen molar-refractivity contribution in [1.29, 1.82) is 0 Å². The highest BCUT2D eigenvalue weighted by molar-refractivity contribution is 9.10. The lowest BCUT2D eigenvalue weighted by Crippen LogP contribution is -2.14. The highest BCUT2D eigenvalue weighted by Crippen LogP contribution is 2.50. The topological polar surface area (TPSA) is 56.8 Å². The standard InChI is InChI=1S/C17H17BrCl2NO4PS/c1-3-23-26(27,24-4-2)25-16-8-5-11(18)9-13(16)17(22)21-12-6-7-14(19)15(20)10-12/h5-10H,3-4H2,1-2H3,(H,21,22). The van der Waals surface area contributed by atoms with Crippen molar-refractivity contribution >= 4 is 69.3 Å². The molecule has 27 heavy (non-hydrogen) atoms. The summed E-state index contributed by atoms with van der Waals surface area (Å²) in [5.74, 6) is -0.139. The largest absolute Gasteiger partial charge is 0.423 e. The number of carbonyl (C=O) groups is 1. The minimum Gasteiger partial charge on any atom is -0.423 e. The molecule has 0 atom stereocenters. The molecule has 1 amide bonds. The number of amides is 1. The molecule has 10 heteroatoms. The fourth-order valence-corrected chi connectivity index (χ4v) is 4.80. The molecule has 0 radical (unpaired) electrons. The molecule has 2 aromatic carbocycles. The van der Waals surface area contributed by atoms with E-state index in [-0.39, 0.29) is 11.3 Å². The molecule has 0 aliphatic rings. The van der Waals surface area contributed by atoms with Crippen molar-refractivity contribution in [2.24, 2.45) is 0 Å². The summed E-state index contributed by atoms with van der Waals surface area (Å²) in [4.78, 5) is 12.8. The third-order valence-electron chi connectivity index (χ3n) is 3.15. The molecule has 2 rings (SSSR count). The van der Waals surface area contributed by atoms with E-state index < -0.39 is 12.6 Å². The Labute approximate surface area is 181 Å². The Kier molecular flexibility index (Phi) is 8.56. The number of carbonyl (C=O) groups excluding carboxylic acids is 1. The summed E-state index contributed by atoms with van der Waals surface area (Å²) in [6, 6.07) is 9.80. The zero-order valence-electron chi connectivity index (χ0n) is 14.5. The van der Waals surface area contributed by atoms with E-state index in [0.29, 0.717) is 33.4 Å². The predicted octanol–water partition coefficient (Wildman–Crippen LogP) is 6.68. The second-order valence-electron chi connectivity index (χ2n) is 5.10. The quantitative estimate of drug-likeness (QED) is 0.399. The number of hydrogen-bond acceptors (Lipinski definition) is 5. The first-order valence-electron chi connectivity index (χ1n) is 7.92. The van der Waals surface area contributed by atoms with Gasteiger partial charge in [0, 0.05) is 22.0 Å². The van der Waals surface area contributed by atoms with E-state index in [2.05, 4.69) is 21.2 Å². The third kappa shape index (κ3) is 6.43. The van der Waals surface area contributed by atoms with Crippen molar-refractivity contribution in [2.75, 3.05) is 18.5 Å². The number of halogens is 3. The molecule has 2 aromatic rings. The van der Waals surface area contributed by atoms with E-state index in [9.17, 15) is 4.79 Å². The first kappa shape index (κ1) is 22.6. The van der Waals surface area contributed by atoms with Crippen molar-refractivity contribution in [3.63, 3.8) is 0 Å². The second-order valence-corrected chi connectivity index (χ2v) is 9.76. The van der Waals surface area contributed by atoms with E-state index in [1.165, 1.54) is 0 Å². The van der Waals surface area contributed by atoms with Gasteiger partial charge in [0.2, 0.25) is 0 Å². The van der Waals surface area contributed by atoms with Crippen LogP contribution in [-0.4, -0.2) is 19.1 Å². The van der Waals surface area contributed by atoms with Gasteiger partial charge in [-0.05, 0) is 50.2 Å². The van der Waals surface area contributed by atoms with Gasteiger partial charge in [-0.15, -0.1) is 0 Å². The van der Waals surface area contributed by atoms with Crippen LogP contribution >= 0.6 is 45.9 Å². The molecule has 0 aromatic heterocycles. The molecule has 1 N–H and O–H groups in total. The summed E-state index contributed by atoms with van der Waals surface area (Å²) in [5, 5.41) is 3.49. The SMILES string of the molecule is CCOP(=S)(OCC)Oc1ccc(Br)cc1C(=O)Nc1ccc(Cl)c(Cl)c1. The molecule has 0 fully saturated rings. The van der Waals surface area contributed by atoms with Crippen LogP contribution in [0.25, 0.3) is 0 Å². The van der Waals surface area contributed by atoms with Gasteiger partial charge in [0.1, 0.15) is 5.75 Å². The van der Waals surface area contributed by atoms with Gasteiger partial charge in [0.15, 0.2) is 0 Å². The van der Waals surface area contributed by atoms with E-state index >= 15 is 0 Å². The summed E-state index contributed by atoms with van der Waals surface area (Å²) in [5.41, 5.74) is 0.762. The van der Waals surface area contributed by atoms with Crippen LogP contribution in [0.2, 0.25) is 10.0 Å². The van der Waals surface area contributed by atoms with Crippen LogP contribution in [0.4, 0.5) is 5.69 Å². The Morgan fingerprint density at radius 2 is 1.78 bits per heavy atom. The van der Waals surface area contributed by atoms with E-state index in [0.717, 1.165) is 0 Å². The number of hydrogen-bond donors (Lipinski definition) is 1. The molecule has 0 saturated carbocycles. The van der Waals surface area contributed by atoms with Crippen molar-refractivity contribution in [2.45, 2.75) is 13.8 Å². The molecule has 0 unspecified atom stereocenters. The fourth-order valence-electron chi connectivity index (χ4n) is 2.06. The first-order valence-corrected chi connectivity index (χ1v) is 12.0. The van der Waals surface area contributed by atoms with Crippen LogP contribution in [-0.2, 0) is 20.9 Å². The third-order valence-corrected chi connectivity index (χ3v) is 6.81. The molecule has 0 saturated heterocycles. The molecule has 0 spiro atoms. The Hall–Kier alpha value is -0.660. The Bertz CT molecular complexity index is 874. The number of rotatable bonds is 8. The number of nitrogens with one attached hydrogen (secondary N) is 1. The highest BCUT2D eigenvalue weighted by atomic mass is 79.9. The van der Waals surface area contributed by atoms with Crippen molar-refractivity contribution < 1.29 is 18.4 Å². The molecule has 146 valence electrons. The molecule has 0 heterocycles. The molecule has 0 aliphatic carbocycles. The first-order chi connectivity index (χ1) is 12.8. The van der Waals surface area contributed by atoms with Gasteiger partial charge in [-0.3, -0.25) is 13.8 Å². The highest BCUT2D eigenvalue weighted by Gasteiger charge is 2.25. The lowest BCUT2D eigenvalue weighted by Gasteiger charge is -2.22. The monoisotopic (exact) mass is 511 g/mol. The van der Waals surface area contributed by atoms with Gasteiger partial charge in [-0.2, -0.15) is 0 Å². The Balaban J connectivity index is 2.32. The van der Waals surface area contributed by atoms with Crippen molar-refractivity contribution in [3.05, 3.63) is 56.5 Å². The van der Waals surface area contributed by atoms with Crippen molar-refractivity contribution in [3.8, 4) is 5.75 Å². The normalized spacial score (nSPS) is 11.3. The van der Waals surface area contributed by atoms with Crippen LogP contribution in [0.1, 0.15) is 24.2 Å². The predicted molar refractivity (Wildman–Crippen MR) is 117 cm³/mol. The van der Waals surface area contributed by atoms with Gasteiger partial charge in [0.05, 0.1) is 28.8 Å². The Morgan fingerprint density at radius 1 is 1.11 bits per heavy atom. The molecule has 0 aliphatic heterocycles. The van der Waals surface area contributed by atoms with Gasteiger partial charge < -0.3 is 9.84 Å². The molecule has 5 nitrogen and oxygen atoms in total.